The normalized spacial score (nSPS) is 11.8. The van der Waals surface area contributed by atoms with Crippen molar-refractivity contribution in [2.24, 2.45) is 0 Å². The Morgan fingerprint density at radius 1 is 1.10 bits per heavy atom. The number of nitro groups is 1. The molecule has 0 saturated carbocycles. The number of amides is 1. The third-order valence-corrected chi connectivity index (χ3v) is 6.93. The summed E-state index contributed by atoms with van der Waals surface area (Å²) in [6, 6.07) is 18.1. The van der Waals surface area contributed by atoms with Crippen LogP contribution in [0.15, 0.2) is 71.5 Å². The number of ether oxygens (including phenoxy) is 2. The fourth-order valence-corrected chi connectivity index (χ4v) is 4.91. The Hall–Kier alpha value is -4.57. The van der Waals surface area contributed by atoms with Crippen molar-refractivity contribution < 1.29 is 19.2 Å². The predicted molar refractivity (Wildman–Crippen MR) is 157 cm³/mol. The molecule has 1 amide bonds. The van der Waals surface area contributed by atoms with Gasteiger partial charge in [-0.2, -0.15) is 0 Å². The van der Waals surface area contributed by atoms with E-state index in [1.54, 1.807) is 78.1 Å². The largest absolute Gasteiger partial charge is 0.494 e. The van der Waals surface area contributed by atoms with Crippen LogP contribution in [0.5, 0.6) is 5.75 Å². The molecule has 0 aliphatic carbocycles. The highest BCUT2D eigenvalue weighted by Crippen LogP contribution is 2.29. The Bertz CT molecular complexity index is 1600. The number of hydrogen-bond acceptors (Lipinski definition) is 7. The van der Waals surface area contributed by atoms with Crippen molar-refractivity contribution in [3.05, 3.63) is 104 Å². The van der Waals surface area contributed by atoms with Crippen molar-refractivity contribution in [3.8, 4) is 11.4 Å². The lowest BCUT2D eigenvalue weighted by molar-refractivity contribution is -0.385. The van der Waals surface area contributed by atoms with Gasteiger partial charge in [-0.15, -0.1) is 0 Å². The fraction of sp³-hybridized carbons (Fsp3) is 0.323. The topological polar surface area (TPSA) is 117 Å². The lowest BCUT2D eigenvalue weighted by atomic mass is 10.1. The number of methoxy groups -OCH3 is 1. The van der Waals surface area contributed by atoms with Crippen LogP contribution in [0.25, 0.3) is 16.6 Å². The average molecular weight is 559 g/mol. The first-order valence-corrected chi connectivity index (χ1v) is 13.6. The number of hydrogen-bond donors (Lipinski definition) is 0. The molecule has 0 bridgehead atoms. The number of nitro benzene ring substituents is 1. The number of benzene rings is 3. The predicted octanol–water partition coefficient (Wildman–Crippen LogP) is 5.63. The van der Waals surface area contributed by atoms with Crippen LogP contribution in [0.3, 0.4) is 0 Å². The summed E-state index contributed by atoms with van der Waals surface area (Å²) in [4.78, 5) is 45.7. The average Bonchev–Trinajstić information content (AvgIpc) is 2.97. The van der Waals surface area contributed by atoms with Crippen LogP contribution in [0.2, 0.25) is 0 Å². The molecule has 1 atom stereocenters. The van der Waals surface area contributed by atoms with Gasteiger partial charge in [-0.3, -0.25) is 24.3 Å². The molecule has 3 aromatic carbocycles. The molecule has 41 heavy (non-hydrogen) atoms. The first-order valence-electron chi connectivity index (χ1n) is 13.6. The minimum atomic E-state index is -0.622. The molecule has 0 saturated heterocycles. The quantitative estimate of drug-likeness (QED) is 0.126. The van der Waals surface area contributed by atoms with Gasteiger partial charge in [0, 0.05) is 37.5 Å². The lowest BCUT2D eigenvalue weighted by Gasteiger charge is -2.32. The summed E-state index contributed by atoms with van der Waals surface area (Å²) in [5.74, 6) is 0.674. The number of rotatable bonds is 12. The SMILES string of the molecule is CCOc1ccc(-n2c(C(CC)N(CCCOC)C(=O)c3ccc(C)c([N+](=O)[O-])c3)nc3ccccc3c2=O)cc1. The molecule has 1 unspecified atom stereocenters. The van der Waals surface area contributed by atoms with E-state index in [4.69, 9.17) is 14.5 Å². The molecule has 214 valence electrons. The maximum absolute atomic E-state index is 14.0. The van der Waals surface area contributed by atoms with E-state index >= 15 is 0 Å². The molecule has 0 radical (unpaired) electrons. The molecule has 0 spiro atoms. The van der Waals surface area contributed by atoms with Crippen molar-refractivity contribution >= 4 is 22.5 Å². The number of fused-ring (bicyclic) bond motifs is 1. The van der Waals surface area contributed by atoms with Gasteiger partial charge in [0.25, 0.3) is 17.2 Å². The molecular formula is C31H34N4O6. The van der Waals surface area contributed by atoms with Crippen LogP contribution in [0.4, 0.5) is 5.69 Å². The second-order valence-electron chi connectivity index (χ2n) is 9.58. The van der Waals surface area contributed by atoms with Crippen molar-refractivity contribution in [1.82, 2.24) is 14.5 Å². The molecule has 1 heterocycles. The van der Waals surface area contributed by atoms with Crippen LogP contribution in [-0.2, 0) is 4.74 Å². The highest BCUT2D eigenvalue weighted by atomic mass is 16.6. The number of aryl methyl sites for hydroxylation is 1. The number of para-hydroxylation sites is 1. The van der Waals surface area contributed by atoms with E-state index in [0.717, 1.165) is 0 Å². The van der Waals surface area contributed by atoms with Gasteiger partial charge < -0.3 is 14.4 Å². The fourth-order valence-electron chi connectivity index (χ4n) is 4.91. The Morgan fingerprint density at radius 3 is 2.49 bits per heavy atom. The Balaban J connectivity index is 1.91. The second kappa shape index (κ2) is 13.2. The molecule has 0 N–H and O–H groups in total. The van der Waals surface area contributed by atoms with E-state index in [0.29, 0.717) is 66.3 Å². The first-order chi connectivity index (χ1) is 19.8. The van der Waals surface area contributed by atoms with Crippen LogP contribution in [0, 0.1) is 17.0 Å². The summed E-state index contributed by atoms with van der Waals surface area (Å²) in [6.07, 6.45) is 0.960. The Kier molecular flexibility index (Phi) is 9.46. The van der Waals surface area contributed by atoms with Crippen molar-refractivity contribution in [3.63, 3.8) is 0 Å². The first kappa shape index (κ1) is 29.4. The van der Waals surface area contributed by atoms with Crippen LogP contribution >= 0.6 is 0 Å². The van der Waals surface area contributed by atoms with E-state index in [2.05, 4.69) is 0 Å². The molecule has 0 aliphatic heterocycles. The van der Waals surface area contributed by atoms with E-state index < -0.39 is 16.9 Å². The van der Waals surface area contributed by atoms with Crippen LogP contribution < -0.4 is 10.3 Å². The molecule has 4 rings (SSSR count). The van der Waals surface area contributed by atoms with Crippen LogP contribution in [0.1, 0.15) is 54.5 Å². The van der Waals surface area contributed by atoms with E-state index in [1.807, 2.05) is 19.9 Å². The standard InChI is InChI=1S/C31H34N4O6/c1-5-27(33(18-9-19-40-4)30(36)22-13-12-21(3)28(20-22)35(38)39)29-32-26-11-8-7-10-25(26)31(37)34(29)23-14-16-24(17-15-23)41-6-2/h7-8,10-17,20,27H,5-6,9,18-19H2,1-4H3. The van der Waals surface area contributed by atoms with Crippen molar-refractivity contribution in [2.75, 3.05) is 26.9 Å². The van der Waals surface area contributed by atoms with Gasteiger partial charge in [0.2, 0.25) is 0 Å². The van der Waals surface area contributed by atoms with Gasteiger partial charge in [-0.05, 0) is 69.2 Å². The molecule has 10 nitrogen and oxygen atoms in total. The maximum Gasteiger partial charge on any atom is 0.273 e. The Morgan fingerprint density at radius 2 is 1.83 bits per heavy atom. The number of aromatic nitrogens is 2. The third kappa shape index (κ3) is 6.28. The minimum Gasteiger partial charge on any atom is -0.494 e. The van der Waals surface area contributed by atoms with Gasteiger partial charge in [-0.1, -0.05) is 25.1 Å². The van der Waals surface area contributed by atoms with Gasteiger partial charge in [0.15, 0.2) is 0 Å². The monoisotopic (exact) mass is 558 g/mol. The molecule has 0 fully saturated rings. The molecular weight excluding hydrogens is 524 g/mol. The molecule has 10 heteroatoms. The van der Waals surface area contributed by atoms with Gasteiger partial charge in [0.05, 0.1) is 34.2 Å². The molecule has 0 aliphatic rings. The third-order valence-electron chi connectivity index (χ3n) is 6.93. The second-order valence-corrected chi connectivity index (χ2v) is 9.58. The highest BCUT2D eigenvalue weighted by Gasteiger charge is 2.30. The lowest BCUT2D eigenvalue weighted by Crippen LogP contribution is -2.39. The zero-order chi connectivity index (χ0) is 29.5. The van der Waals surface area contributed by atoms with E-state index in [9.17, 15) is 19.7 Å². The number of nitrogens with zero attached hydrogens (tertiary/aromatic N) is 4. The maximum atomic E-state index is 14.0. The number of carbonyl (C=O) groups is 1. The summed E-state index contributed by atoms with van der Waals surface area (Å²) >= 11 is 0. The smallest absolute Gasteiger partial charge is 0.273 e. The summed E-state index contributed by atoms with van der Waals surface area (Å²) < 4.78 is 12.4. The van der Waals surface area contributed by atoms with E-state index in [1.165, 1.54) is 6.07 Å². The van der Waals surface area contributed by atoms with Crippen molar-refractivity contribution in [1.29, 1.82) is 0 Å². The Labute approximate surface area is 238 Å². The van der Waals surface area contributed by atoms with Gasteiger partial charge >= 0.3 is 0 Å². The summed E-state index contributed by atoms with van der Waals surface area (Å²) in [5, 5.41) is 12.1. The summed E-state index contributed by atoms with van der Waals surface area (Å²) in [6.45, 7) is 6.65. The zero-order valence-corrected chi connectivity index (χ0v) is 23.7. The van der Waals surface area contributed by atoms with E-state index in [-0.39, 0.29) is 16.8 Å². The van der Waals surface area contributed by atoms with Crippen LogP contribution in [-0.4, -0.2) is 52.1 Å². The van der Waals surface area contributed by atoms with Gasteiger partial charge in [-0.25, -0.2) is 4.98 Å². The highest BCUT2D eigenvalue weighted by molar-refractivity contribution is 5.95. The molecule has 1 aromatic heterocycles. The zero-order valence-electron chi connectivity index (χ0n) is 23.7. The summed E-state index contributed by atoms with van der Waals surface area (Å²) in [5.41, 5.74) is 1.36. The van der Waals surface area contributed by atoms with Gasteiger partial charge in [0.1, 0.15) is 11.6 Å². The summed E-state index contributed by atoms with van der Waals surface area (Å²) in [7, 11) is 1.58. The minimum absolute atomic E-state index is 0.129. The molecule has 4 aromatic rings. The van der Waals surface area contributed by atoms with Crippen molar-refractivity contribution in [2.45, 2.75) is 39.7 Å². The number of carbonyl (C=O) groups excluding carboxylic acids is 1.